The van der Waals surface area contributed by atoms with Gasteiger partial charge in [-0.2, -0.15) is 0 Å². The third-order valence-electron chi connectivity index (χ3n) is 10.3. The van der Waals surface area contributed by atoms with Gasteiger partial charge < -0.3 is 14.4 Å². The Balaban J connectivity index is 1.14. The molecule has 1 aliphatic carbocycles. The Kier molecular flexibility index (Phi) is 7.21. The minimum absolute atomic E-state index is 0.979. The summed E-state index contributed by atoms with van der Waals surface area (Å²) in [5, 5.41) is 2.46. The van der Waals surface area contributed by atoms with Gasteiger partial charge in [0.1, 0.15) is 0 Å². The number of aromatic nitrogens is 1. The summed E-state index contributed by atoms with van der Waals surface area (Å²) in [5.74, 6) is 0. The van der Waals surface area contributed by atoms with Gasteiger partial charge in [0.15, 0.2) is 0 Å². The van der Waals surface area contributed by atoms with Gasteiger partial charge in [-0.15, -0.1) is 0 Å². The molecule has 1 aliphatic rings. The molecule has 0 radical (unpaired) electrons. The fourth-order valence-electron chi connectivity index (χ4n) is 8.03. The summed E-state index contributed by atoms with van der Waals surface area (Å²) in [4.78, 5) is 4.75. The summed E-state index contributed by atoms with van der Waals surface area (Å²) in [6.45, 7) is 0. The van der Waals surface area contributed by atoms with E-state index in [2.05, 4.69) is 215 Å². The second kappa shape index (κ2) is 12.5. The van der Waals surface area contributed by atoms with Crippen LogP contribution in [0.4, 0.5) is 34.1 Å². The van der Waals surface area contributed by atoms with Crippen LogP contribution < -0.4 is 9.80 Å². The van der Waals surface area contributed by atoms with Crippen LogP contribution in [0.5, 0.6) is 0 Å². The van der Waals surface area contributed by atoms with Gasteiger partial charge in [0.05, 0.1) is 11.0 Å². The molecule has 0 unspecified atom stereocenters. The second-order valence-corrected chi connectivity index (χ2v) is 13.4. The van der Waals surface area contributed by atoms with E-state index < -0.39 is 0 Å². The highest BCUT2D eigenvalue weighted by molar-refractivity contribution is 6.10. The van der Waals surface area contributed by atoms with Crippen LogP contribution >= 0.6 is 0 Å². The molecular weight excluding hydrogens is 631 g/mol. The number of nitrogens with zero attached hydrogens (tertiary/aromatic N) is 3. The van der Waals surface area contributed by atoms with Crippen LogP contribution in [0.25, 0.3) is 38.6 Å². The van der Waals surface area contributed by atoms with Crippen molar-refractivity contribution in [1.29, 1.82) is 0 Å². The molecule has 3 nitrogen and oxygen atoms in total. The van der Waals surface area contributed by atoms with E-state index in [1.807, 2.05) is 0 Å². The number of hydrogen-bond donors (Lipinski definition) is 0. The van der Waals surface area contributed by atoms with Crippen molar-refractivity contribution in [1.82, 2.24) is 4.57 Å². The van der Waals surface area contributed by atoms with Crippen LogP contribution in [0, 0.1) is 0 Å². The van der Waals surface area contributed by atoms with Crippen molar-refractivity contribution in [2.45, 2.75) is 6.42 Å². The largest absolute Gasteiger partial charge is 0.310 e. The van der Waals surface area contributed by atoms with E-state index in [4.69, 9.17) is 0 Å². The molecule has 0 atom stereocenters. The number of fused-ring (bicyclic) bond motifs is 6. The van der Waals surface area contributed by atoms with Gasteiger partial charge in [0.2, 0.25) is 0 Å². The van der Waals surface area contributed by atoms with Gasteiger partial charge in [0, 0.05) is 50.6 Å². The fourth-order valence-corrected chi connectivity index (χ4v) is 8.03. The maximum absolute atomic E-state index is 2.38. The average Bonchev–Trinajstić information content (AvgIpc) is 3.75. The predicted molar refractivity (Wildman–Crippen MR) is 218 cm³/mol. The van der Waals surface area contributed by atoms with Crippen LogP contribution in [0.1, 0.15) is 11.1 Å². The van der Waals surface area contributed by atoms with Crippen LogP contribution in [-0.2, 0) is 6.42 Å². The Morgan fingerprint density at radius 3 is 1.58 bits per heavy atom. The van der Waals surface area contributed by atoms with Crippen LogP contribution in [0.2, 0.25) is 0 Å². The Hall–Kier alpha value is -6.84. The monoisotopic (exact) mass is 665 g/mol. The lowest BCUT2D eigenvalue weighted by atomic mass is 10.0. The molecule has 10 rings (SSSR count). The highest BCUT2D eigenvalue weighted by atomic mass is 15.2. The van der Waals surface area contributed by atoms with Crippen molar-refractivity contribution in [3.63, 3.8) is 0 Å². The third-order valence-corrected chi connectivity index (χ3v) is 10.3. The first kappa shape index (κ1) is 30.0. The van der Waals surface area contributed by atoms with Gasteiger partial charge in [-0.25, -0.2) is 0 Å². The number of benzene rings is 8. The van der Waals surface area contributed by atoms with Crippen molar-refractivity contribution in [3.8, 4) is 16.8 Å². The average molecular weight is 666 g/mol. The lowest BCUT2D eigenvalue weighted by Crippen LogP contribution is -2.13. The second-order valence-electron chi connectivity index (χ2n) is 13.4. The molecule has 0 fully saturated rings. The smallest absolute Gasteiger partial charge is 0.0542 e. The van der Waals surface area contributed by atoms with Gasteiger partial charge in [0.25, 0.3) is 0 Å². The van der Waals surface area contributed by atoms with E-state index in [1.165, 1.54) is 44.1 Å². The highest BCUT2D eigenvalue weighted by Gasteiger charge is 2.22. The molecule has 9 aromatic rings. The maximum Gasteiger partial charge on any atom is 0.0542 e. The molecule has 1 heterocycles. The van der Waals surface area contributed by atoms with Crippen LogP contribution in [-0.4, -0.2) is 4.57 Å². The lowest BCUT2D eigenvalue weighted by Gasteiger charge is -2.29. The summed E-state index contributed by atoms with van der Waals surface area (Å²) in [7, 11) is 0. The van der Waals surface area contributed by atoms with Crippen molar-refractivity contribution in [3.05, 3.63) is 211 Å². The van der Waals surface area contributed by atoms with E-state index in [0.29, 0.717) is 0 Å². The van der Waals surface area contributed by atoms with Gasteiger partial charge in [-0.3, -0.25) is 0 Å². The zero-order valence-corrected chi connectivity index (χ0v) is 28.6. The Morgan fingerprint density at radius 1 is 0.327 bits per heavy atom. The van der Waals surface area contributed by atoms with E-state index in [9.17, 15) is 0 Å². The summed E-state index contributed by atoms with van der Waals surface area (Å²) in [6, 6.07) is 72.3. The Labute approximate surface area is 303 Å². The number of para-hydroxylation sites is 4. The van der Waals surface area contributed by atoms with Crippen molar-refractivity contribution >= 4 is 55.9 Å². The standard InChI is InChI=1S/C49H35N3/c1-4-16-37(17-5-1)50(42-28-27-36-31-35-15-10-11-24-44(35)46(36)33-42)40-22-14-23-41(32-40)51(38-18-6-2-7-19-38)43-29-30-49-47(34-43)45-25-12-13-26-48(45)52(49)39-20-8-3-9-21-39/h1-30,32-34H,31H2. The van der Waals surface area contributed by atoms with Crippen LogP contribution in [0.3, 0.4) is 0 Å². The van der Waals surface area contributed by atoms with E-state index in [-0.39, 0.29) is 0 Å². The normalized spacial score (nSPS) is 11.8. The molecule has 1 aromatic heterocycles. The summed E-state index contributed by atoms with van der Waals surface area (Å²) >= 11 is 0. The molecule has 0 amide bonds. The zero-order chi connectivity index (χ0) is 34.4. The van der Waals surface area contributed by atoms with E-state index in [1.54, 1.807) is 0 Å². The summed E-state index contributed by atoms with van der Waals surface area (Å²) in [6.07, 6.45) is 0.979. The fraction of sp³-hybridized carbons (Fsp3) is 0.0204. The molecule has 0 saturated carbocycles. The molecule has 0 saturated heterocycles. The first-order valence-electron chi connectivity index (χ1n) is 17.9. The topological polar surface area (TPSA) is 11.4 Å². The molecular formula is C49H35N3. The quantitative estimate of drug-likeness (QED) is 0.168. The van der Waals surface area contributed by atoms with Crippen molar-refractivity contribution in [2.24, 2.45) is 0 Å². The van der Waals surface area contributed by atoms with E-state index in [0.717, 1.165) is 46.2 Å². The first-order valence-corrected chi connectivity index (χ1v) is 17.9. The predicted octanol–water partition coefficient (Wildman–Crippen LogP) is 13.3. The molecule has 0 N–H and O–H groups in total. The molecule has 0 aliphatic heterocycles. The van der Waals surface area contributed by atoms with Crippen molar-refractivity contribution in [2.75, 3.05) is 9.80 Å². The summed E-state index contributed by atoms with van der Waals surface area (Å²) < 4.78 is 2.37. The minimum Gasteiger partial charge on any atom is -0.310 e. The molecule has 52 heavy (non-hydrogen) atoms. The summed E-state index contributed by atoms with van der Waals surface area (Å²) in [5.41, 5.74) is 15.6. The van der Waals surface area contributed by atoms with Gasteiger partial charge in [-0.05, 0) is 120 Å². The van der Waals surface area contributed by atoms with Crippen molar-refractivity contribution < 1.29 is 0 Å². The zero-order valence-electron chi connectivity index (χ0n) is 28.6. The lowest BCUT2D eigenvalue weighted by molar-refractivity contribution is 1.18. The molecule has 8 aromatic carbocycles. The Bertz CT molecular complexity index is 2710. The molecule has 0 bridgehead atoms. The number of rotatable bonds is 7. The maximum atomic E-state index is 2.38. The molecule has 246 valence electrons. The van der Waals surface area contributed by atoms with Gasteiger partial charge in [-0.1, -0.05) is 109 Å². The first-order chi connectivity index (χ1) is 25.8. The molecule has 3 heteroatoms. The number of anilines is 6. The van der Waals surface area contributed by atoms with E-state index >= 15 is 0 Å². The Morgan fingerprint density at radius 2 is 0.846 bits per heavy atom. The van der Waals surface area contributed by atoms with Gasteiger partial charge >= 0.3 is 0 Å². The molecule has 0 spiro atoms. The highest BCUT2D eigenvalue weighted by Crippen LogP contribution is 2.45. The minimum atomic E-state index is 0.979. The SMILES string of the molecule is c1ccc(N(c2cccc(N(c3ccccc3)c3ccc4c(c3)c3ccccc3n4-c3ccccc3)c2)c2ccc3c(c2)-c2ccccc2C3)cc1. The number of hydrogen-bond acceptors (Lipinski definition) is 2. The van der Waals surface area contributed by atoms with Crippen LogP contribution in [0.15, 0.2) is 200 Å². The third kappa shape index (κ3) is 5.06.